The number of hydrogen-bond acceptors (Lipinski definition) is 6. The van der Waals surface area contributed by atoms with Crippen LogP contribution in [0.5, 0.6) is 11.5 Å². The van der Waals surface area contributed by atoms with E-state index in [1.165, 1.54) is 0 Å². The molecular weight excluding hydrogens is 416 g/mol. The molecule has 0 saturated carbocycles. The van der Waals surface area contributed by atoms with Gasteiger partial charge >= 0.3 is 0 Å². The number of rotatable bonds is 5. The summed E-state index contributed by atoms with van der Waals surface area (Å²) in [5.74, 6) is 2.97. The average molecular weight is 445 g/mol. The number of nitrogens with zero attached hydrogens (tertiary/aromatic N) is 3. The largest absolute Gasteiger partial charge is 0.497 e. The summed E-state index contributed by atoms with van der Waals surface area (Å²) in [6.07, 6.45) is 1.29. The van der Waals surface area contributed by atoms with Crippen LogP contribution in [0, 0.1) is 5.41 Å². The molecule has 0 unspecified atom stereocenters. The molecular formula is C26H28N4O3. The number of carbonyl (C=O) groups excluding carboxylic acids is 1. The Hall–Kier alpha value is -3.61. The highest BCUT2D eigenvalue weighted by molar-refractivity contribution is 6.00. The van der Waals surface area contributed by atoms with Gasteiger partial charge in [0.25, 0.3) is 0 Å². The number of ether oxygens (including phenoxy) is 2. The Morgan fingerprint density at radius 3 is 2.42 bits per heavy atom. The van der Waals surface area contributed by atoms with Gasteiger partial charge in [0.15, 0.2) is 11.6 Å². The van der Waals surface area contributed by atoms with Gasteiger partial charge in [0.05, 0.1) is 13.7 Å². The second kappa shape index (κ2) is 8.06. The quantitative estimate of drug-likeness (QED) is 0.596. The lowest BCUT2D eigenvalue weighted by Crippen LogP contribution is -2.36. The van der Waals surface area contributed by atoms with Crippen LogP contribution in [0.1, 0.15) is 45.2 Å². The molecule has 0 spiro atoms. The molecule has 7 nitrogen and oxygen atoms in total. The number of fused-ring (bicyclic) bond motifs is 1. The molecule has 3 aromatic rings. The summed E-state index contributed by atoms with van der Waals surface area (Å²) in [7, 11) is 1.64. The number of anilines is 1. The van der Waals surface area contributed by atoms with Crippen molar-refractivity contribution >= 4 is 11.7 Å². The number of carbonyl (C=O) groups is 1. The van der Waals surface area contributed by atoms with Crippen molar-refractivity contribution in [1.29, 1.82) is 0 Å². The highest BCUT2D eigenvalue weighted by Gasteiger charge is 2.41. The molecule has 0 saturated heterocycles. The molecule has 170 valence electrons. The molecule has 1 atom stereocenters. The summed E-state index contributed by atoms with van der Waals surface area (Å²) >= 11 is 0. The molecule has 5 rings (SSSR count). The first-order chi connectivity index (χ1) is 15.9. The van der Waals surface area contributed by atoms with Gasteiger partial charge in [-0.3, -0.25) is 4.79 Å². The third kappa shape index (κ3) is 3.88. The molecule has 1 aliphatic heterocycles. The summed E-state index contributed by atoms with van der Waals surface area (Å²) in [6.45, 7) is 6.82. The van der Waals surface area contributed by atoms with Crippen LogP contribution in [0.3, 0.4) is 0 Å². The number of ketones is 1. The number of nitrogens with one attached hydrogen (secondary N) is 1. The topological polar surface area (TPSA) is 78.3 Å². The second-order valence-electron chi connectivity index (χ2n) is 9.29. The highest BCUT2D eigenvalue weighted by atomic mass is 16.5. The smallest absolute Gasteiger partial charge is 0.226 e. The monoisotopic (exact) mass is 444 g/mol. The van der Waals surface area contributed by atoms with E-state index in [1.807, 2.05) is 60.1 Å². The lowest BCUT2D eigenvalue weighted by atomic mass is 9.73. The van der Waals surface area contributed by atoms with Gasteiger partial charge < -0.3 is 14.8 Å². The molecule has 2 heterocycles. The predicted molar refractivity (Wildman–Crippen MR) is 126 cm³/mol. The van der Waals surface area contributed by atoms with Crippen LogP contribution in [0.25, 0.3) is 11.4 Å². The van der Waals surface area contributed by atoms with Crippen molar-refractivity contribution in [3.63, 3.8) is 0 Å². The van der Waals surface area contributed by atoms with E-state index in [2.05, 4.69) is 19.2 Å². The van der Waals surface area contributed by atoms with Crippen LogP contribution in [0.4, 0.5) is 5.95 Å². The molecule has 2 aliphatic rings. The Bertz CT molecular complexity index is 1220. The van der Waals surface area contributed by atoms with Gasteiger partial charge in [-0.2, -0.15) is 4.98 Å². The zero-order valence-corrected chi connectivity index (χ0v) is 19.4. The minimum Gasteiger partial charge on any atom is -0.497 e. The molecule has 33 heavy (non-hydrogen) atoms. The van der Waals surface area contributed by atoms with E-state index in [9.17, 15) is 4.79 Å². The minimum absolute atomic E-state index is 0.104. The molecule has 0 amide bonds. The van der Waals surface area contributed by atoms with E-state index >= 15 is 0 Å². The molecule has 0 bridgehead atoms. The van der Waals surface area contributed by atoms with Gasteiger partial charge in [-0.15, -0.1) is 5.10 Å². The number of Topliss-reactive ketones (excluding diaryl/α,β-unsaturated/α-hetero) is 1. The fourth-order valence-corrected chi connectivity index (χ4v) is 4.69. The molecule has 1 aliphatic carbocycles. The van der Waals surface area contributed by atoms with E-state index < -0.39 is 0 Å². The Kier molecular flexibility index (Phi) is 5.19. The van der Waals surface area contributed by atoms with E-state index in [0.29, 0.717) is 24.8 Å². The van der Waals surface area contributed by atoms with Crippen LogP contribution < -0.4 is 14.8 Å². The van der Waals surface area contributed by atoms with E-state index in [0.717, 1.165) is 40.3 Å². The van der Waals surface area contributed by atoms with Crippen molar-refractivity contribution in [1.82, 2.24) is 14.8 Å². The first kappa shape index (κ1) is 21.2. The first-order valence-corrected chi connectivity index (χ1v) is 11.3. The van der Waals surface area contributed by atoms with Crippen molar-refractivity contribution in [3.05, 3.63) is 65.4 Å². The Morgan fingerprint density at radius 2 is 1.76 bits per heavy atom. The summed E-state index contributed by atoms with van der Waals surface area (Å²) in [5.41, 5.74) is 3.48. The van der Waals surface area contributed by atoms with Gasteiger partial charge in [0, 0.05) is 23.3 Å². The van der Waals surface area contributed by atoms with E-state index in [4.69, 9.17) is 19.6 Å². The maximum Gasteiger partial charge on any atom is 0.226 e. The van der Waals surface area contributed by atoms with Crippen LogP contribution in [0.2, 0.25) is 0 Å². The van der Waals surface area contributed by atoms with Crippen molar-refractivity contribution < 1.29 is 14.3 Å². The van der Waals surface area contributed by atoms with Crippen LogP contribution in [0.15, 0.2) is 59.8 Å². The molecule has 0 fully saturated rings. The normalized spacial score (nSPS) is 18.9. The summed E-state index contributed by atoms with van der Waals surface area (Å²) in [4.78, 5) is 18.1. The van der Waals surface area contributed by atoms with Gasteiger partial charge in [-0.25, -0.2) is 4.68 Å². The zero-order valence-electron chi connectivity index (χ0n) is 19.4. The maximum atomic E-state index is 13.4. The number of benzene rings is 2. The van der Waals surface area contributed by atoms with Crippen LogP contribution in [-0.4, -0.2) is 34.3 Å². The lowest BCUT2D eigenvalue weighted by Gasteiger charge is -2.38. The van der Waals surface area contributed by atoms with Crippen molar-refractivity contribution in [2.45, 2.75) is 39.7 Å². The summed E-state index contributed by atoms with van der Waals surface area (Å²) in [6, 6.07) is 15.2. The lowest BCUT2D eigenvalue weighted by molar-refractivity contribution is -0.118. The number of allylic oxidation sites excluding steroid dienone is 2. The molecule has 0 radical (unpaired) electrons. The predicted octanol–water partition coefficient (Wildman–Crippen LogP) is 5.01. The van der Waals surface area contributed by atoms with E-state index in [-0.39, 0.29) is 17.2 Å². The van der Waals surface area contributed by atoms with Crippen molar-refractivity contribution in [2.24, 2.45) is 5.41 Å². The second-order valence-corrected chi connectivity index (χ2v) is 9.29. The molecule has 1 aromatic heterocycles. The standard InChI is InChI=1S/C26H28N4O3/c1-5-33-19-12-6-16(7-13-19)23-22-20(14-26(2,3)15-21(22)31)27-25-28-24(29-30(23)25)17-8-10-18(32-4)11-9-17/h6-13,23H,5,14-15H2,1-4H3,(H,27,28,29)/t23-/m0/s1. The SMILES string of the molecule is CCOc1ccc([C@H]2C3=C(CC(C)(C)CC3=O)Nc3nc(-c4ccc(OC)cc4)nn32)cc1. The Morgan fingerprint density at radius 1 is 1.06 bits per heavy atom. The fraction of sp³-hybridized carbons (Fsp3) is 0.346. The van der Waals surface area contributed by atoms with Gasteiger partial charge in [-0.1, -0.05) is 26.0 Å². The van der Waals surface area contributed by atoms with E-state index in [1.54, 1.807) is 7.11 Å². The average Bonchev–Trinajstić information content (AvgIpc) is 3.21. The maximum absolute atomic E-state index is 13.4. The Balaban J connectivity index is 1.61. The number of aromatic nitrogens is 3. The van der Waals surface area contributed by atoms with Crippen LogP contribution in [-0.2, 0) is 4.79 Å². The minimum atomic E-state index is -0.338. The highest BCUT2D eigenvalue weighted by Crippen LogP contribution is 2.45. The zero-order chi connectivity index (χ0) is 23.2. The van der Waals surface area contributed by atoms with Gasteiger partial charge in [-0.05, 0) is 60.7 Å². The number of methoxy groups -OCH3 is 1. The first-order valence-electron chi connectivity index (χ1n) is 11.3. The van der Waals surface area contributed by atoms with Gasteiger partial charge in [0.2, 0.25) is 5.95 Å². The third-order valence-corrected chi connectivity index (χ3v) is 6.19. The number of hydrogen-bond donors (Lipinski definition) is 1. The van der Waals surface area contributed by atoms with Crippen molar-refractivity contribution in [2.75, 3.05) is 19.0 Å². The Labute approximate surface area is 193 Å². The molecule has 2 aromatic carbocycles. The summed E-state index contributed by atoms with van der Waals surface area (Å²) in [5, 5.41) is 8.27. The third-order valence-electron chi connectivity index (χ3n) is 6.19. The van der Waals surface area contributed by atoms with Gasteiger partial charge in [0.1, 0.15) is 17.5 Å². The molecule has 7 heteroatoms. The van der Waals surface area contributed by atoms with Crippen molar-refractivity contribution in [3.8, 4) is 22.9 Å². The van der Waals surface area contributed by atoms with Crippen LogP contribution >= 0.6 is 0 Å². The molecule has 1 N–H and O–H groups in total. The summed E-state index contributed by atoms with van der Waals surface area (Å²) < 4.78 is 12.7. The fourth-order valence-electron chi connectivity index (χ4n) is 4.69.